The van der Waals surface area contributed by atoms with Gasteiger partial charge in [0.15, 0.2) is 11.6 Å². The molecule has 0 spiro atoms. The minimum absolute atomic E-state index is 0.160. The average molecular weight is 492 g/mol. The third-order valence-electron chi connectivity index (χ3n) is 7.28. The molecular weight excluding hydrogens is 465 g/mol. The maximum atomic E-state index is 15.2. The number of halogens is 2. The zero-order chi connectivity index (χ0) is 24.9. The summed E-state index contributed by atoms with van der Waals surface area (Å²) in [5.41, 5.74) is 8.32. The summed E-state index contributed by atoms with van der Waals surface area (Å²) in [4.78, 5) is 27.0. The molecule has 0 aromatic heterocycles. The van der Waals surface area contributed by atoms with Crippen LogP contribution in [-0.4, -0.2) is 25.3 Å². The van der Waals surface area contributed by atoms with Crippen LogP contribution in [0.1, 0.15) is 50.2 Å². The second-order valence-corrected chi connectivity index (χ2v) is 9.73. The number of carbonyl (C=O) groups is 2. The molecule has 3 aromatic rings. The van der Waals surface area contributed by atoms with Gasteiger partial charge < -0.3 is 14.4 Å². The molecule has 0 radical (unpaired) electrons. The summed E-state index contributed by atoms with van der Waals surface area (Å²) < 4.78 is 20.8. The topological polar surface area (TPSA) is 46.6 Å². The number of fused-ring (bicyclic) bond motifs is 2. The Morgan fingerprint density at radius 2 is 1.94 bits per heavy atom. The van der Waals surface area contributed by atoms with E-state index in [1.807, 2.05) is 39.0 Å². The van der Waals surface area contributed by atoms with E-state index >= 15 is 4.39 Å². The minimum atomic E-state index is -0.384. The van der Waals surface area contributed by atoms with Gasteiger partial charge in [-0.15, -0.1) is 0 Å². The molecule has 180 valence electrons. The van der Waals surface area contributed by atoms with Crippen molar-refractivity contribution < 1.29 is 18.7 Å². The molecule has 0 saturated carbocycles. The zero-order valence-corrected chi connectivity index (χ0v) is 20.9. The Labute approximate surface area is 209 Å². The predicted molar refractivity (Wildman–Crippen MR) is 136 cm³/mol. The Kier molecular flexibility index (Phi) is 6.14. The van der Waals surface area contributed by atoms with E-state index in [1.54, 1.807) is 11.0 Å². The maximum Gasteiger partial charge on any atom is 0.259 e. The molecule has 3 aromatic carbocycles. The van der Waals surface area contributed by atoms with Gasteiger partial charge >= 0.3 is 0 Å². The van der Waals surface area contributed by atoms with Crippen LogP contribution in [0, 0.1) is 26.6 Å². The van der Waals surface area contributed by atoms with Crippen LogP contribution in [0.15, 0.2) is 30.3 Å². The van der Waals surface area contributed by atoms with Crippen molar-refractivity contribution in [1.29, 1.82) is 0 Å². The predicted octanol–water partition coefficient (Wildman–Crippen LogP) is 6.34. The lowest BCUT2D eigenvalue weighted by Crippen LogP contribution is -2.29. The summed E-state index contributed by atoms with van der Waals surface area (Å²) in [6.45, 7) is 6.81. The average Bonchev–Trinajstić information content (AvgIpc) is 3.27. The van der Waals surface area contributed by atoms with Crippen molar-refractivity contribution in [2.24, 2.45) is 0 Å². The van der Waals surface area contributed by atoms with E-state index in [2.05, 4.69) is 0 Å². The molecule has 2 aliphatic rings. The quantitative estimate of drug-likeness (QED) is 0.400. The molecule has 1 amide bonds. The Morgan fingerprint density at radius 1 is 1.14 bits per heavy atom. The third-order valence-corrected chi connectivity index (χ3v) is 7.78. The lowest BCUT2D eigenvalue weighted by Gasteiger charge is -2.25. The number of nitrogens with zero attached hydrogens (tertiary/aromatic N) is 1. The SMILES string of the molecule is Cc1cccc(C(=O)N2CCc3c2cc(C)c(CC=O)c3-c2cc(F)c3c(c2C)CCCO3)c1Cl. The number of rotatable bonds is 4. The fourth-order valence-corrected chi connectivity index (χ4v) is 5.69. The van der Waals surface area contributed by atoms with Crippen molar-refractivity contribution in [2.45, 2.75) is 46.5 Å². The second-order valence-electron chi connectivity index (χ2n) is 9.35. The summed E-state index contributed by atoms with van der Waals surface area (Å²) in [7, 11) is 0. The first kappa shape index (κ1) is 23.6. The van der Waals surface area contributed by atoms with E-state index in [9.17, 15) is 9.59 Å². The lowest BCUT2D eigenvalue weighted by atomic mass is 9.84. The minimum Gasteiger partial charge on any atom is -0.490 e. The van der Waals surface area contributed by atoms with E-state index in [0.29, 0.717) is 35.9 Å². The zero-order valence-electron chi connectivity index (χ0n) is 20.1. The molecule has 0 unspecified atom stereocenters. The van der Waals surface area contributed by atoms with Crippen molar-refractivity contribution in [3.63, 3.8) is 0 Å². The van der Waals surface area contributed by atoms with Crippen molar-refractivity contribution in [2.75, 3.05) is 18.1 Å². The molecule has 0 atom stereocenters. The number of hydrogen-bond acceptors (Lipinski definition) is 3. The van der Waals surface area contributed by atoms with Gasteiger partial charge in [-0.3, -0.25) is 4.79 Å². The van der Waals surface area contributed by atoms with Gasteiger partial charge in [0, 0.05) is 24.2 Å². The molecule has 5 rings (SSSR count). The van der Waals surface area contributed by atoms with Crippen LogP contribution in [0.2, 0.25) is 5.02 Å². The highest BCUT2D eigenvalue weighted by molar-refractivity contribution is 6.35. The molecule has 0 fully saturated rings. The highest BCUT2D eigenvalue weighted by Crippen LogP contribution is 2.45. The molecule has 4 nitrogen and oxygen atoms in total. The molecule has 2 aliphatic heterocycles. The van der Waals surface area contributed by atoms with E-state index in [1.165, 1.54) is 6.07 Å². The van der Waals surface area contributed by atoms with Gasteiger partial charge in [-0.1, -0.05) is 23.7 Å². The van der Waals surface area contributed by atoms with Gasteiger partial charge in [-0.05, 0) is 97.2 Å². The number of ether oxygens (including phenoxy) is 1. The molecule has 0 saturated heterocycles. The first-order valence-corrected chi connectivity index (χ1v) is 12.3. The number of hydrogen-bond donors (Lipinski definition) is 0. The third kappa shape index (κ3) is 3.82. The van der Waals surface area contributed by atoms with E-state index < -0.39 is 0 Å². The van der Waals surface area contributed by atoms with Crippen molar-refractivity contribution in [1.82, 2.24) is 0 Å². The number of aryl methyl sites for hydroxylation is 2. The highest BCUT2D eigenvalue weighted by Gasteiger charge is 2.32. The van der Waals surface area contributed by atoms with Gasteiger partial charge in [0.25, 0.3) is 5.91 Å². The smallest absolute Gasteiger partial charge is 0.259 e. The maximum absolute atomic E-state index is 15.2. The summed E-state index contributed by atoms with van der Waals surface area (Å²) in [6.07, 6.45) is 3.31. The number of aldehydes is 1. The Balaban J connectivity index is 1.71. The van der Waals surface area contributed by atoms with Crippen LogP contribution in [0.5, 0.6) is 5.75 Å². The highest BCUT2D eigenvalue weighted by atomic mass is 35.5. The van der Waals surface area contributed by atoms with E-state index in [-0.39, 0.29) is 18.1 Å². The van der Waals surface area contributed by atoms with Crippen molar-refractivity contribution >= 4 is 29.5 Å². The molecule has 0 bridgehead atoms. The molecule has 0 N–H and O–H groups in total. The monoisotopic (exact) mass is 491 g/mol. The fourth-order valence-electron chi connectivity index (χ4n) is 5.48. The van der Waals surface area contributed by atoms with Gasteiger partial charge in [-0.2, -0.15) is 0 Å². The first-order chi connectivity index (χ1) is 16.8. The summed E-state index contributed by atoms with van der Waals surface area (Å²) in [6, 6.07) is 8.95. The summed E-state index contributed by atoms with van der Waals surface area (Å²) >= 11 is 6.48. The molecule has 6 heteroatoms. The number of anilines is 1. The van der Waals surface area contributed by atoms with E-state index in [4.69, 9.17) is 16.3 Å². The standard InChI is InChI=1S/C29H27ClFNO3/c1-16-6-4-7-22(27(16)30)29(34)32-11-9-21-25(32)14-17(2)19(10-12-33)26(21)23-15-24(31)28-20(18(23)3)8-5-13-35-28/h4,6-7,12,14-15H,5,8-11,13H2,1-3H3. The molecular formula is C29H27ClFNO3. The number of amides is 1. The Bertz CT molecular complexity index is 1380. The van der Waals surface area contributed by atoms with Crippen molar-refractivity contribution in [3.05, 3.63) is 80.1 Å². The lowest BCUT2D eigenvalue weighted by molar-refractivity contribution is -0.107. The van der Waals surface area contributed by atoms with Crippen LogP contribution < -0.4 is 9.64 Å². The normalized spacial score (nSPS) is 14.4. The molecule has 0 aliphatic carbocycles. The summed E-state index contributed by atoms with van der Waals surface area (Å²) in [5, 5.41) is 0.452. The van der Waals surface area contributed by atoms with Crippen LogP contribution in [-0.2, 0) is 24.1 Å². The Hall–Kier alpha value is -3.18. The van der Waals surface area contributed by atoms with Gasteiger partial charge in [0.1, 0.15) is 6.29 Å². The van der Waals surface area contributed by atoms with Crippen LogP contribution in [0.4, 0.5) is 10.1 Å². The molecule has 35 heavy (non-hydrogen) atoms. The largest absolute Gasteiger partial charge is 0.490 e. The van der Waals surface area contributed by atoms with Gasteiger partial charge in [0.2, 0.25) is 0 Å². The van der Waals surface area contributed by atoms with Crippen molar-refractivity contribution in [3.8, 4) is 16.9 Å². The van der Waals surface area contributed by atoms with Crippen LogP contribution in [0.25, 0.3) is 11.1 Å². The van der Waals surface area contributed by atoms with Crippen LogP contribution in [0.3, 0.4) is 0 Å². The van der Waals surface area contributed by atoms with Gasteiger partial charge in [-0.25, -0.2) is 4.39 Å². The second kappa shape index (κ2) is 9.12. The van der Waals surface area contributed by atoms with Crippen LogP contribution >= 0.6 is 11.6 Å². The Morgan fingerprint density at radius 3 is 2.71 bits per heavy atom. The summed E-state index contributed by atoms with van der Waals surface area (Å²) in [5.74, 6) is -0.206. The van der Waals surface area contributed by atoms with E-state index in [0.717, 1.165) is 69.3 Å². The molecule has 2 heterocycles. The van der Waals surface area contributed by atoms with Gasteiger partial charge in [0.05, 0.1) is 17.2 Å². The fraction of sp³-hybridized carbons (Fsp3) is 0.310. The number of benzene rings is 3. The number of carbonyl (C=O) groups excluding carboxylic acids is 2. The first-order valence-electron chi connectivity index (χ1n) is 11.9.